The Balaban J connectivity index is 1.81. The molecule has 2 aromatic heterocycles. The molecule has 1 atom stereocenters. The third-order valence-corrected chi connectivity index (χ3v) is 5.28. The lowest BCUT2D eigenvalue weighted by molar-refractivity contribution is 0.469. The monoisotopic (exact) mass is 281 g/mol. The standard InChI is InChI=1S/C12H15N3O3S/c16-10-3-4-12-13-11(14-15(12)7-10)6-9-2-1-5-19(17,18)8-9/h3-4,7,9,16H,1-2,5-6,8H2. The minimum Gasteiger partial charge on any atom is -0.506 e. The lowest BCUT2D eigenvalue weighted by Gasteiger charge is -2.20. The highest BCUT2D eigenvalue weighted by atomic mass is 32.2. The molecule has 0 amide bonds. The van der Waals surface area contributed by atoms with Crippen molar-refractivity contribution in [2.75, 3.05) is 11.5 Å². The number of aromatic nitrogens is 3. The summed E-state index contributed by atoms with van der Waals surface area (Å²) in [6, 6.07) is 3.24. The fourth-order valence-corrected chi connectivity index (χ4v) is 4.32. The molecule has 19 heavy (non-hydrogen) atoms. The summed E-state index contributed by atoms with van der Waals surface area (Å²) in [5, 5.41) is 13.6. The van der Waals surface area contributed by atoms with E-state index in [2.05, 4.69) is 10.1 Å². The Kier molecular flexibility index (Phi) is 2.93. The van der Waals surface area contributed by atoms with Gasteiger partial charge in [0.15, 0.2) is 21.3 Å². The number of pyridine rings is 1. The van der Waals surface area contributed by atoms with Crippen LogP contribution in [0, 0.1) is 5.92 Å². The summed E-state index contributed by atoms with van der Waals surface area (Å²) >= 11 is 0. The molecule has 3 heterocycles. The van der Waals surface area contributed by atoms with E-state index in [-0.39, 0.29) is 17.4 Å². The van der Waals surface area contributed by atoms with Gasteiger partial charge in [0, 0.05) is 6.42 Å². The van der Waals surface area contributed by atoms with Gasteiger partial charge in [-0.15, -0.1) is 0 Å². The maximum Gasteiger partial charge on any atom is 0.155 e. The number of rotatable bonds is 2. The first-order valence-electron chi connectivity index (χ1n) is 6.26. The summed E-state index contributed by atoms with van der Waals surface area (Å²) in [5.74, 6) is 1.39. The van der Waals surface area contributed by atoms with Crippen LogP contribution in [0.3, 0.4) is 0 Å². The molecule has 1 unspecified atom stereocenters. The minimum atomic E-state index is -2.89. The van der Waals surface area contributed by atoms with E-state index in [1.165, 1.54) is 10.7 Å². The zero-order valence-corrected chi connectivity index (χ0v) is 11.2. The third kappa shape index (κ3) is 2.70. The largest absolute Gasteiger partial charge is 0.506 e. The van der Waals surface area contributed by atoms with Crippen molar-refractivity contribution in [3.8, 4) is 5.75 Å². The predicted octanol–water partition coefficient (Wildman–Crippen LogP) is 0.802. The van der Waals surface area contributed by atoms with Crippen LogP contribution in [0.25, 0.3) is 5.65 Å². The van der Waals surface area contributed by atoms with E-state index in [1.807, 2.05) is 0 Å². The van der Waals surface area contributed by atoms with Crippen molar-refractivity contribution in [3.63, 3.8) is 0 Å². The van der Waals surface area contributed by atoms with Crippen LogP contribution >= 0.6 is 0 Å². The first-order chi connectivity index (χ1) is 9.02. The van der Waals surface area contributed by atoms with Crippen molar-refractivity contribution in [1.82, 2.24) is 14.6 Å². The van der Waals surface area contributed by atoms with Gasteiger partial charge in [-0.1, -0.05) is 0 Å². The van der Waals surface area contributed by atoms with Crippen LogP contribution in [-0.2, 0) is 16.3 Å². The maximum atomic E-state index is 11.6. The summed E-state index contributed by atoms with van der Waals surface area (Å²) in [4.78, 5) is 4.34. The lowest BCUT2D eigenvalue weighted by Crippen LogP contribution is -2.26. The molecule has 0 saturated carbocycles. The molecule has 0 spiro atoms. The molecule has 1 fully saturated rings. The van der Waals surface area contributed by atoms with Crippen molar-refractivity contribution in [2.45, 2.75) is 19.3 Å². The molecule has 0 bridgehead atoms. The number of sulfone groups is 1. The molecule has 1 aliphatic heterocycles. The zero-order chi connectivity index (χ0) is 13.5. The topological polar surface area (TPSA) is 84.6 Å². The van der Waals surface area contributed by atoms with Crippen LogP contribution in [0.2, 0.25) is 0 Å². The van der Waals surface area contributed by atoms with Gasteiger partial charge in [-0.2, -0.15) is 5.10 Å². The van der Waals surface area contributed by atoms with Crippen LogP contribution in [-0.4, -0.2) is 39.6 Å². The maximum absolute atomic E-state index is 11.6. The summed E-state index contributed by atoms with van der Waals surface area (Å²) < 4.78 is 24.7. The second-order valence-electron chi connectivity index (χ2n) is 5.04. The lowest BCUT2D eigenvalue weighted by atomic mass is 10.0. The molecule has 0 aliphatic carbocycles. The molecule has 102 valence electrons. The summed E-state index contributed by atoms with van der Waals surface area (Å²) in [5.41, 5.74) is 0.659. The fourth-order valence-electron chi connectivity index (χ4n) is 2.54. The molecular weight excluding hydrogens is 266 g/mol. The molecule has 1 saturated heterocycles. The first kappa shape index (κ1) is 12.4. The van der Waals surface area contributed by atoms with Gasteiger partial charge in [0.2, 0.25) is 0 Å². The Labute approximate surface area is 111 Å². The Morgan fingerprint density at radius 3 is 3.05 bits per heavy atom. The van der Waals surface area contributed by atoms with E-state index in [0.29, 0.717) is 23.6 Å². The summed E-state index contributed by atoms with van der Waals surface area (Å²) in [6.45, 7) is 0. The van der Waals surface area contributed by atoms with Crippen molar-refractivity contribution >= 4 is 15.5 Å². The Bertz CT molecular complexity index is 708. The minimum absolute atomic E-state index is 0.102. The van der Waals surface area contributed by atoms with E-state index in [4.69, 9.17) is 0 Å². The van der Waals surface area contributed by atoms with Gasteiger partial charge >= 0.3 is 0 Å². The van der Waals surface area contributed by atoms with Crippen LogP contribution in [0.15, 0.2) is 18.3 Å². The second-order valence-corrected chi connectivity index (χ2v) is 7.27. The Morgan fingerprint density at radius 1 is 1.42 bits per heavy atom. The van der Waals surface area contributed by atoms with E-state index >= 15 is 0 Å². The Hall–Kier alpha value is -1.63. The van der Waals surface area contributed by atoms with E-state index in [0.717, 1.165) is 12.8 Å². The summed E-state index contributed by atoms with van der Waals surface area (Å²) in [7, 11) is -2.89. The van der Waals surface area contributed by atoms with E-state index < -0.39 is 9.84 Å². The first-order valence-corrected chi connectivity index (χ1v) is 8.09. The molecule has 3 rings (SSSR count). The van der Waals surface area contributed by atoms with Crippen molar-refractivity contribution in [3.05, 3.63) is 24.2 Å². The zero-order valence-electron chi connectivity index (χ0n) is 10.4. The smallest absolute Gasteiger partial charge is 0.155 e. The van der Waals surface area contributed by atoms with E-state index in [9.17, 15) is 13.5 Å². The van der Waals surface area contributed by atoms with Gasteiger partial charge in [-0.3, -0.25) is 0 Å². The molecular formula is C12H15N3O3S. The second kappa shape index (κ2) is 4.48. The van der Waals surface area contributed by atoms with Gasteiger partial charge in [-0.05, 0) is 30.9 Å². The average molecular weight is 281 g/mol. The third-order valence-electron chi connectivity index (χ3n) is 3.39. The van der Waals surface area contributed by atoms with Crippen LogP contribution < -0.4 is 0 Å². The Morgan fingerprint density at radius 2 is 2.26 bits per heavy atom. The molecule has 1 N–H and O–H groups in total. The van der Waals surface area contributed by atoms with Crippen LogP contribution in [0.1, 0.15) is 18.7 Å². The highest BCUT2D eigenvalue weighted by Gasteiger charge is 2.25. The SMILES string of the molecule is O=S1(=O)CCCC(Cc2nc3ccc(O)cn3n2)C1. The number of fused-ring (bicyclic) bond motifs is 1. The average Bonchev–Trinajstić information content (AvgIpc) is 2.68. The highest BCUT2D eigenvalue weighted by Crippen LogP contribution is 2.21. The summed E-state index contributed by atoms with van der Waals surface area (Å²) in [6.07, 6.45) is 3.69. The molecule has 1 aliphatic rings. The fraction of sp³-hybridized carbons (Fsp3) is 0.500. The van der Waals surface area contributed by atoms with Gasteiger partial charge in [-0.25, -0.2) is 17.9 Å². The van der Waals surface area contributed by atoms with Crippen molar-refractivity contribution < 1.29 is 13.5 Å². The quantitative estimate of drug-likeness (QED) is 0.880. The van der Waals surface area contributed by atoms with Gasteiger partial charge < -0.3 is 5.11 Å². The molecule has 0 aromatic carbocycles. The molecule has 2 aromatic rings. The number of nitrogens with zero attached hydrogens (tertiary/aromatic N) is 3. The number of hydrogen-bond donors (Lipinski definition) is 1. The van der Waals surface area contributed by atoms with Crippen LogP contribution in [0.4, 0.5) is 0 Å². The van der Waals surface area contributed by atoms with Crippen molar-refractivity contribution in [2.24, 2.45) is 5.92 Å². The van der Waals surface area contributed by atoms with E-state index in [1.54, 1.807) is 12.1 Å². The number of aromatic hydroxyl groups is 1. The number of hydrogen-bond acceptors (Lipinski definition) is 5. The predicted molar refractivity (Wildman–Crippen MR) is 69.7 cm³/mol. The molecule has 6 nitrogen and oxygen atoms in total. The van der Waals surface area contributed by atoms with Gasteiger partial charge in [0.1, 0.15) is 5.75 Å². The highest BCUT2D eigenvalue weighted by molar-refractivity contribution is 7.91. The normalized spacial score (nSPS) is 22.6. The molecule has 0 radical (unpaired) electrons. The molecule has 7 heteroatoms. The van der Waals surface area contributed by atoms with Crippen molar-refractivity contribution in [1.29, 1.82) is 0 Å². The van der Waals surface area contributed by atoms with Gasteiger partial charge in [0.25, 0.3) is 0 Å². The van der Waals surface area contributed by atoms with Crippen LogP contribution in [0.5, 0.6) is 5.75 Å². The van der Waals surface area contributed by atoms with Gasteiger partial charge in [0.05, 0.1) is 17.7 Å².